The van der Waals surface area contributed by atoms with Gasteiger partial charge in [-0.1, -0.05) is 0 Å². The minimum atomic E-state index is -4.84. The summed E-state index contributed by atoms with van der Waals surface area (Å²) in [7, 11) is -2.96. The molecule has 0 bridgehead atoms. The predicted molar refractivity (Wildman–Crippen MR) is 155 cm³/mol. The van der Waals surface area contributed by atoms with E-state index in [9.17, 15) is 26.4 Å². The van der Waals surface area contributed by atoms with Crippen LogP contribution in [0.4, 0.5) is 30.6 Å². The van der Waals surface area contributed by atoms with Crippen LogP contribution >= 0.6 is 0 Å². The van der Waals surface area contributed by atoms with Crippen LogP contribution in [-0.4, -0.2) is 88.0 Å². The van der Waals surface area contributed by atoms with Crippen LogP contribution in [-0.2, 0) is 21.2 Å². The highest BCUT2D eigenvalue weighted by Crippen LogP contribution is 2.43. The molecule has 3 fully saturated rings. The second kappa shape index (κ2) is 11.5. The van der Waals surface area contributed by atoms with E-state index in [0.717, 1.165) is 51.2 Å². The average molecular weight is 635 g/mol. The molecule has 3 saturated heterocycles. The van der Waals surface area contributed by atoms with E-state index in [4.69, 9.17) is 4.98 Å². The number of rotatable bonds is 7. The van der Waals surface area contributed by atoms with Gasteiger partial charge < -0.3 is 19.9 Å². The molecule has 6 rings (SSSR count). The zero-order chi connectivity index (χ0) is 31.1. The van der Waals surface area contributed by atoms with E-state index in [-0.39, 0.29) is 34.6 Å². The third kappa shape index (κ3) is 7.05. The summed E-state index contributed by atoms with van der Waals surface area (Å²) in [5, 5.41) is 7.45. The Morgan fingerprint density at radius 3 is 2.52 bits per heavy atom. The fourth-order valence-corrected chi connectivity index (χ4v) is 7.69. The van der Waals surface area contributed by atoms with E-state index in [1.807, 2.05) is 11.1 Å². The van der Waals surface area contributed by atoms with Gasteiger partial charge in [-0.2, -0.15) is 5.10 Å². The van der Waals surface area contributed by atoms with Crippen LogP contribution < -0.4 is 15.0 Å². The number of halogens is 3. The molecule has 3 aliphatic rings. The molecule has 6 heterocycles. The molecular weight excluding hydrogens is 601 g/mol. The van der Waals surface area contributed by atoms with Crippen LogP contribution in [0.25, 0.3) is 11.4 Å². The maximum absolute atomic E-state index is 12.8. The number of amides is 1. The Morgan fingerprint density at radius 2 is 1.84 bits per heavy atom. The van der Waals surface area contributed by atoms with Gasteiger partial charge in [-0.25, -0.2) is 23.4 Å². The summed E-state index contributed by atoms with van der Waals surface area (Å²) < 4.78 is 67.8. The van der Waals surface area contributed by atoms with Gasteiger partial charge in [-0.15, -0.1) is 13.2 Å². The molecular formula is C28H33F3N8O4S. The van der Waals surface area contributed by atoms with Crippen LogP contribution in [0.1, 0.15) is 32.6 Å². The lowest BCUT2D eigenvalue weighted by atomic mass is 9.72. The Labute approximate surface area is 252 Å². The van der Waals surface area contributed by atoms with Crippen molar-refractivity contribution in [3.8, 4) is 17.1 Å². The first-order chi connectivity index (χ1) is 20.8. The largest absolute Gasteiger partial charge is 0.573 e. The summed E-state index contributed by atoms with van der Waals surface area (Å²) in [5.74, 6) is 1.68. The molecule has 12 nitrogen and oxygen atoms in total. The van der Waals surface area contributed by atoms with Gasteiger partial charge in [-0.05, 0) is 37.7 Å². The lowest BCUT2D eigenvalue weighted by molar-refractivity contribution is -0.274. The minimum absolute atomic E-state index is 0.0829. The quantitative estimate of drug-likeness (QED) is 0.410. The first-order valence-corrected chi connectivity index (χ1v) is 16.3. The zero-order valence-corrected chi connectivity index (χ0v) is 24.9. The first-order valence-electron chi connectivity index (χ1n) is 14.5. The highest BCUT2D eigenvalue weighted by atomic mass is 32.2. The summed E-state index contributed by atoms with van der Waals surface area (Å²) in [6.45, 7) is 5.11. The van der Waals surface area contributed by atoms with E-state index >= 15 is 0 Å². The van der Waals surface area contributed by atoms with Gasteiger partial charge in [0.2, 0.25) is 5.91 Å². The van der Waals surface area contributed by atoms with Crippen molar-refractivity contribution >= 4 is 33.2 Å². The maximum Gasteiger partial charge on any atom is 0.573 e. The Bertz CT molecular complexity index is 1620. The number of nitrogens with one attached hydrogen (secondary N) is 1. The van der Waals surface area contributed by atoms with Gasteiger partial charge in [0, 0.05) is 69.6 Å². The standard InChI is InChI=1S/C28H33F3N8O4S/c1-19(40)37-8-5-27(6-9-37)17-38(18-27)25-13-24(34-23-12-22(2-7-32-23)43-28(29,30)31)35-26(36-25)21-14-33-39(16-21)15-20-3-10-44(41,42)11-4-20/h2,7,12-14,16,20H,3-6,8-11,15,17-18H2,1H3,(H,32,34,35,36). The van der Waals surface area contributed by atoms with Crippen molar-refractivity contribution in [3.05, 3.63) is 36.8 Å². The summed E-state index contributed by atoms with van der Waals surface area (Å²) in [6.07, 6.45) is 2.80. The number of hydrogen-bond donors (Lipinski definition) is 1. The smallest absolute Gasteiger partial charge is 0.406 e. The Morgan fingerprint density at radius 1 is 1.11 bits per heavy atom. The molecule has 3 aromatic heterocycles. The number of piperidine rings is 1. The molecule has 1 spiro atoms. The minimum Gasteiger partial charge on any atom is -0.406 e. The van der Waals surface area contributed by atoms with Crippen molar-refractivity contribution in [2.45, 2.75) is 45.5 Å². The fraction of sp³-hybridized carbons (Fsp3) is 0.536. The van der Waals surface area contributed by atoms with Crippen LogP contribution in [0.3, 0.4) is 0 Å². The number of likely N-dealkylation sites (tertiary alicyclic amines) is 1. The number of nitrogens with zero attached hydrogens (tertiary/aromatic N) is 7. The van der Waals surface area contributed by atoms with Gasteiger partial charge >= 0.3 is 6.36 Å². The van der Waals surface area contributed by atoms with Crippen molar-refractivity contribution in [1.29, 1.82) is 0 Å². The lowest BCUT2D eigenvalue weighted by Gasteiger charge is -2.54. The van der Waals surface area contributed by atoms with E-state index in [0.29, 0.717) is 42.4 Å². The summed E-state index contributed by atoms with van der Waals surface area (Å²) in [4.78, 5) is 29.3. The number of ether oxygens (including phenoxy) is 1. The molecule has 44 heavy (non-hydrogen) atoms. The molecule has 16 heteroatoms. The third-order valence-corrected chi connectivity index (χ3v) is 10.3. The van der Waals surface area contributed by atoms with Crippen LogP contribution in [0.15, 0.2) is 36.8 Å². The molecule has 0 radical (unpaired) electrons. The Kier molecular flexibility index (Phi) is 7.88. The number of sulfone groups is 1. The fourth-order valence-electron chi connectivity index (χ4n) is 6.10. The number of alkyl halides is 3. The lowest BCUT2D eigenvalue weighted by Crippen LogP contribution is -2.61. The molecule has 0 saturated carbocycles. The molecule has 0 aliphatic carbocycles. The molecule has 1 N–H and O–H groups in total. The monoisotopic (exact) mass is 634 g/mol. The normalized spacial score (nSPS) is 19.9. The number of hydrogen-bond acceptors (Lipinski definition) is 10. The molecule has 236 valence electrons. The summed E-state index contributed by atoms with van der Waals surface area (Å²) >= 11 is 0. The maximum atomic E-state index is 12.8. The highest BCUT2D eigenvalue weighted by Gasteiger charge is 2.46. The molecule has 3 aliphatic heterocycles. The van der Waals surface area contributed by atoms with Crippen molar-refractivity contribution < 1.29 is 31.1 Å². The molecule has 1 amide bonds. The molecule has 0 unspecified atom stereocenters. The van der Waals surface area contributed by atoms with Crippen LogP contribution in [0, 0.1) is 11.3 Å². The first kappa shape index (κ1) is 30.1. The van der Waals surface area contributed by atoms with Crippen molar-refractivity contribution in [3.63, 3.8) is 0 Å². The topological polar surface area (TPSA) is 135 Å². The second-order valence-electron chi connectivity index (χ2n) is 11.9. The van der Waals surface area contributed by atoms with Crippen molar-refractivity contribution in [2.75, 3.05) is 47.9 Å². The van der Waals surface area contributed by atoms with Gasteiger partial charge in [0.25, 0.3) is 0 Å². The molecule has 0 aromatic carbocycles. The Balaban J connectivity index is 1.23. The number of pyridine rings is 1. The van der Waals surface area contributed by atoms with Gasteiger partial charge in [0.15, 0.2) is 5.82 Å². The van der Waals surface area contributed by atoms with Gasteiger partial charge in [0.1, 0.15) is 33.0 Å². The van der Waals surface area contributed by atoms with E-state index in [1.165, 1.54) is 6.20 Å². The van der Waals surface area contributed by atoms with E-state index in [1.54, 1.807) is 23.9 Å². The van der Waals surface area contributed by atoms with E-state index in [2.05, 4.69) is 30.0 Å². The van der Waals surface area contributed by atoms with E-state index < -0.39 is 21.9 Å². The van der Waals surface area contributed by atoms with Gasteiger partial charge in [-0.3, -0.25) is 9.48 Å². The van der Waals surface area contributed by atoms with Crippen LogP contribution in [0.5, 0.6) is 5.75 Å². The number of carbonyl (C=O) groups is 1. The van der Waals surface area contributed by atoms with Gasteiger partial charge in [0.05, 0.1) is 23.3 Å². The molecule has 0 atom stereocenters. The number of anilines is 3. The average Bonchev–Trinajstić information content (AvgIpc) is 3.41. The SMILES string of the molecule is CC(=O)N1CCC2(CC1)CN(c1cc(Nc3cc(OC(F)(F)F)ccn3)nc(-c3cnn(CC4CCS(=O)(=O)CC4)c3)n1)C2. The van der Waals surface area contributed by atoms with Crippen molar-refractivity contribution in [2.24, 2.45) is 11.3 Å². The third-order valence-electron chi connectivity index (χ3n) is 8.59. The summed E-state index contributed by atoms with van der Waals surface area (Å²) in [5.41, 5.74) is 0.735. The van der Waals surface area contributed by atoms with Crippen LogP contribution in [0.2, 0.25) is 0 Å². The molecule has 3 aromatic rings. The predicted octanol–water partition coefficient (Wildman–Crippen LogP) is 3.65. The number of carbonyl (C=O) groups excluding carboxylic acids is 1. The highest BCUT2D eigenvalue weighted by molar-refractivity contribution is 7.91. The van der Waals surface area contributed by atoms with Crippen molar-refractivity contribution in [1.82, 2.24) is 29.6 Å². The second-order valence-corrected chi connectivity index (χ2v) is 14.2. The zero-order valence-electron chi connectivity index (χ0n) is 24.1. The Hall–Kier alpha value is -3.95. The number of aromatic nitrogens is 5. The summed E-state index contributed by atoms with van der Waals surface area (Å²) in [6, 6.07) is 3.98.